The minimum atomic E-state index is 0.526. The first-order chi connectivity index (χ1) is 7.60. The highest BCUT2D eigenvalue weighted by Gasteiger charge is 2.30. The van der Waals surface area contributed by atoms with Crippen molar-refractivity contribution in [1.29, 1.82) is 0 Å². The number of hydrogen-bond donors (Lipinski definition) is 2. The predicted octanol–water partition coefficient (Wildman–Crippen LogP) is 3.33. The average Bonchev–Trinajstić information content (AvgIpc) is 2.30. The molecule has 2 nitrogen and oxygen atoms in total. The molecule has 1 aliphatic rings. The molecule has 0 amide bonds. The summed E-state index contributed by atoms with van der Waals surface area (Å²) in [6, 6.07) is 0.526. The van der Waals surface area contributed by atoms with Crippen LogP contribution in [0.1, 0.15) is 59.8 Å². The second kappa shape index (κ2) is 6.61. The zero-order valence-electron chi connectivity index (χ0n) is 11.5. The van der Waals surface area contributed by atoms with Crippen molar-refractivity contribution < 1.29 is 0 Å². The van der Waals surface area contributed by atoms with E-state index in [0.29, 0.717) is 12.0 Å². The number of nitrogens with two attached hydrogens (primary N) is 1. The summed E-state index contributed by atoms with van der Waals surface area (Å²) in [5, 5.41) is 0. The molecule has 1 saturated carbocycles. The van der Waals surface area contributed by atoms with Crippen LogP contribution in [0.4, 0.5) is 0 Å². The van der Waals surface area contributed by atoms with Gasteiger partial charge in [0.2, 0.25) is 0 Å². The van der Waals surface area contributed by atoms with Gasteiger partial charge in [0, 0.05) is 6.04 Å². The maximum absolute atomic E-state index is 5.72. The summed E-state index contributed by atoms with van der Waals surface area (Å²) in [6.45, 7) is 9.30. The van der Waals surface area contributed by atoms with Crippen molar-refractivity contribution in [2.75, 3.05) is 0 Å². The highest BCUT2D eigenvalue weighted by Crippen LogP contribution is 2.36. The summed E-state index contributed by atoms with van der Waals surface area (Å²) in [5.41, 5.74) is 3.07. The molecule has 96 valence electrons. The molecule has 0 heterocycles. The topological polar surface area (TPSA) is 38.0 Å². The van der Waals surface area contributed by atoms with Gasteiger partial charge in [-0.2, -0.15) is 0 Å². The third kappa shape index (κ3) is 3.46. The van der Waals surface area contributed by atoms with E-state index in [4.69, 9.17) is 5.84 Å². The van der Waals surface area contributed by atoms with Crippen molar-refractivity contribution in [3.8, 4) is 0 Å². The fraction of sp³-hybridized carbons (Fsp3) is 1.00. The Kier molecular flexibility index (Phi) is 5.77. The van der Waals surface area contributed by atoms with Crippen LogP contribution < -0.4 is 11.3 Å². The predicted molar refractivity (Wildman–Crippen MR) is 70.9 cm³/mol. The molecule has 2 unspecified atom stereocenters. The highest BCUT2D eigenvalue weighted by molar-refractivity contribution is 4.84. The molecule has 0 spiro atoms. The Labute approximate surface area is 101 Å². The summed E-state index contributed by atoms with van der Waals surface area (Å²) >= 11 is 0. The van der Waals surface area contributed by atoms with E-state index in [1.165, 1.54) is 32.1 Å². The Balaban J connectivity index is 2.45. The van der Waals surface area contributed by atoms with Gasteiger partial charge in [0.25, 0.3) is 0 Å². The number of hydrazine groups is 1. The van der Waals surface area contributed by atoms with Crippen LogP contribution in [0.3, 0.4) is 0 Å². The lowest BCUT2D eigenvalue weighted by Crippen LogP contribution is -2.46. The molecule has 0 aliphatic heterocycles. The van der Waals surface area contributed by atoms with Crippen LogP contribution in [0.2, 0.25) is 0 Å². The van der Waals surface area contributed by atoms with Gasteiger partial charge in [-0.1, -0.05) is 34.1 Å². The van der Waals surface area contributed by atoms with E-state index >= 15 is 0 Å². The Morgan fingerprint density at radius 2 is 1.56 bits per heavy atom. The monoisotopic (exact) mass is 226 g/mol. The second-order valence-corrected chi connectivity index (χ2v) is 6.00. The average molecular weight is 226 g/mol. The highest BCUT2D eigenvalue weighted by atomic mass is 15.2. The number of rotatable bonds is 5. The number of nitrogens with one attached hydrogen (secondary N) is 1. The summed E-state index contributed by atoms with van der Waals surface area (Å²) in [5.74, 6) is 9.03. The third-order valence-corrected chi connectivity index (χ3v) is 4.72. The van der Waals surface area contributed by atoms with Crippen LogP contribution in [-0.4, -0.2) is 6.04 Å². The maximum atomic E-state index is 5.72. The molecule has 0 aromatic rings. The summed E-state index contributed by atoms with van der Waals surface area (Å²) in [7, 11) is 0. The normalized spacial score (nSPS) is 30.4. The second-order valence-electron chi connectivity index (χ2n) is 6.00. The Bertz CT molecular complexity index is 183. The van der Waals surface area contributed by atoms with Gasteiger partial charge in [-0.15, -0.1) is 0 Å². The van der Waals surface area contributed by atoms with Gasteiger partial charge in [-0.05, 0) is 49.4 Å². The van der Waals surface area contributed by atoms with Crippen LogP contribution >= 0.6 is 0 Å². The first-order valence-corrected chi connectivity index (χ1v) is 7.06. The van der Waals surface area contributed by atoms with Gasteiger partial charge < -0.3 is 0 Å². The molecule has 1 rings (SSSR count). The maximum Gasteiger partial charge on any atom is 0.0264 e. The van der Waals surface area contributed by atoms with E-state index < -0.39 is 0 Å². The van der Waals surface area contributed by atoms with E-state index in [2.05, 4.69) is 33.1 Å². The Morgan fingerprint density at radius 1 is 1.06 bits per heavy atom. The molecule has 0 aromatic carbocycles. The Morgan fingerprint density at radius 3 is 1.94 bits per heavy atom. The minimum absolute atomic E-state index is 0.526. The smallest absolute Gasteiger partial charge is 0.0264 e. The van der Waals surface area contributed by atoms with Crippen molar-refractivity contribution in [3.63, 3.8) is 0 Å². The molecule has 2 atom stereocenters. The van der Waals surface area contributed by atoms with Crippen LogP contribution in [0.5, 0.6) is 0 Å². The molecule has 16 heavy (non-hydrogen) atoms. The van der Waals surface area contributed by atoms with Gasteiger partial charge >= 0.3 is 0 Å². The van der Waals surface area contributed by atoms with E-state index in [1.54, 1.807) is 0 Å². The van der Waals surface area contributed by atoms with Crippen molar-refractivity contribution in [2.45, 2.75) is 65.8 Å². The van der Waals surface area contributed by atoms with Crippen molar-refractivity contribution in [2.24, 2.45) is 29.5 Å². The van der Waals surface area contributed by atoms with Gasteiger partial charge in [0.05, 0.1) is 0 Å². The van der Waals surface area contributed by atoms with Gasteiger partial charge in [-0.25, -0.2) is 0 Å². The molecule has 0 aromatic heterocycles. The van der Waals surface area contributed by atoms with E-state index in [9.17, 15) is 0 Å². The van der Waals surface area contributed by atoms with Gasteiger partial charge in [-0.3, -0.25) is 11.3 Å². The number of hydrogen-bond acceptors (Lipinski definition) is 2. The third-order valence-electron chi connectivity index (χ3n) is 4.72. The van der Waals surface area contributed by atoms with E-state index in [1.807, 2.05) is 0 Å². The molecular formula is C14H30N2. The van der Waals surface area contributed by atoms with Crippen molar-refractivity contribution in [3.05, 3.63) is 0 Å². The van der Waals surface area contributed by atoms with Gasteiger partial charge in [0.1, 0.15) is 0 Å². The first kappa shape index (κ1) is 14.0. The van der Waals surface area contributed by atoms with E-state index in [0.717, 1.165) is 17.8 Å². The van der Waals surface area contributed by atoms with Gasteiger partial charge in [0.15, 0.2) is 0 Å². The quantitative estimate of drug-likeness (QED) is 0.557. The van der Waals surface area contributed by atoms with Crippen LogP contribution in [0, 0.1) is 23.7 Å². The SMILES string of the molecule is CCC(C)C(NN)C1CCC(C(C)C)CC1. The lowest BCUT2D eigenvalue weighted by molar-refractivity contribution is 0.160. The summed E-state index contributed by atoms with van der Waals surface area (Å²) in [6.07, 6.45) is 6.75. The molecule has 2 heteroatoms. The molecule has 1 fully saturated rings. The molecule has 0 radical (unpaired) electrons. The lowest BCUT2D eigenvalue weighted by Gasteiger charge is -2.37. The van der Waals surface area contributed by atoms with Crippen LogP contribution in [0.25, 0.3) is 0 Å². The largest absolute Gasteiger partial charge is 0.271 e. The van der Waals surface area contributed by atoms with Crippen molar-refractivity contribution in [1.82, 2.24) is 5.43 Å². The molecule has 0 saturated heterocycles. The zero-order chi connectivity index (χ0) is 12.1. The fourth-order valence-corrected chi connectivity index (χ4v) is 3.19. The molecule has 3 N–H and O–H groups in total. The van der Waals surface area contributed by atoms with Crippen LogP contribution in [-0.2, 0) is 0 Å². The molecular weight excluding hydrogens is 196 g/mol. The lowest BCUT2D eigenvalue weighted by atomic mass is 9.72. The Hall–Kier alpha value is -0.0800. The summed E-state index contributed by atoms with van der Waals surface area (Å²) < 4.78 is 0. The zero-order valence-corrected chi connectivity index (χ0v) is 11.5. The summed E-state index contributed by atoms with van der Waals surface area (Å²) in [4.78, 5) is 0. The van der Waals surface area contributed by atoms with E-state index in [-0.39, 0.29) is 0 Å². The minimum Gasteiger partial charge on any atom is -0.271 e. The molecule has 0 bridgehead atoms. The fourth-order valence-electron chi connectivity index (χ4n) is 3.19. The van der Waals surface area contributed by atoms with Crippen molar-refractivity contribution >= 4 is 0 Å². The standard InChI is InChI=1S/C14H30N2/c1-5-11(4)14(16-15)13-8-6-12(7-9-13)10(2)3/h10-14,16H,5-9,15H2,1-4H3. The molecule has 1 aliphatic carbocycles. The first-order valence-electron chi connectivity index (χ1n) is 7.06. The van der Waals surface area contributed by atoms with Crippen LogP contribution in [0.15, 0.2) is 0 Å².